The van der Waals surface area contributed by atoms with Crippen LogP contribution in [-0.2, 0) is 13.1 Å². The predicted molar refractivity (Wildman–Crippen MR) is 145 cm³/mol. The van der Waals surface area contributed by atoms with Gasteiger partial charge in [-0.05, 0) is 25.1 Å². The molecule has 0 radical (unpaired) electrons. The molecule has 0 unspecified atom stereocenters. The Hall–Kier alpha value is -4.58. The third kappa shape index (κ3) is 5.55. The number of pyridine rings is 1. The first kappa shape index (κ1) is 26.6. The first-order valence-electron chi connectivity index (χ1n) is 13.0. The lowest BCUT2D eigenvalue weighted by molar-refractivity contribution is -0.133. The Bertz CT molecular complexity index is 1680. The molecule has 12 heteroatoms. The molecule has 1 aliphatic rings. The summed E-state index contributed by atoms with van der Waals surface area (Å²) >= 11 is 0. The number of para-hydroxylation sites is 1. The zero-order valence-electron chi connectivity index (χ0n) is 22.0. The number of benzene rings is 2. The van der Waals surface area contributed by atoms with Crippen LogP contribution in [0.2, 0.25) is 0 Å². The van der Waals surface area contributed by atoms with E-state index in [-0.39, 0.29) is 49.9 Å². The number of anilines is 2. The summed E-state index contributed by atoms with van der Waals surface area (Å²) in [5.74, 6) is -3.37. The van der Waals surface area contributed by atoms with E-state index in [0.29, 0.717) is 33.7 Å². The normalized spacial score (nSPS) is 14.7. The van der Waals surface area contributed by atoms with Gasteiger partial charge in [0, 0.05) is 59.5 Å². The number of ether oxygens (including phenoxy) is 1. The van der Waals surface area contributed by atoms with Crippen LogP contribution in [0, 0.1) is 11.6 Å². The number of hydrogen-bond acceptors (Lipinski definition) is 7. The maximum absolute atomic E-state index is 14.9. The zero-order chi connectivity index (χ0) is 28.6. The highest BCUT2D eigenvalue weighted by Crippen LogP contribution is 2.32. The van der Waals surface area contributed by atoms with Gasteiger partial charge in [-0.2, -0.15) is 5.10 Å². The Morgan fingerprint density at radius 2 is 1.73 bits per heavy atom. The Morgan fingerprint density at radius 1 is 1.00 bits per heavy atom. The zero-order valence-corrected chi connectivity index (χ0v) is 22.0. The van der Waals surface area contributed by atoms with Crippen molar-refractivity contribution >= 4 is 22.4 Å². The highest BCUT2D eigenvalue weighted by atomic mass is 19.3. The molecule has 0 spiro atoms. The molecule has 5 aromatic rings. The summed E-state index contributed by atoms with van der Waals surface area (Å²) in [6.45, 7) is 1.40. The van der Waals surface area contributed by atoms with Crippen molar-refractivity contribution in [3.05, 3.63) is 89.9 Å². The molecule has 41 heavy (non-hydrogen) atoms. The molecule has 0 saturated carbocycles. The van der Waals surface area contributed by atoms with Gasteiger partial charge in [-0.3, -0.25) is 14.6 Å². The van der Waals surface area contributed by atoms with Gasteiger partial charge in [-0.15, -0.1) is 0 Å². The SMILES string of the molecule is CCOc1cc(F)c(Cn2nc(-c3ncc(CN4CC(F)(F)C4)c(Nc4ccncc4)n3)c3ccccc32)c(F)c1. The molecule has 1 fully saturated rings. The second-order valence-electron chi connectivity index (χ2n) is 9.75. The molecule has 1 N–H and O–H groups in total. The number of halogens is 4. The summed E-state index contributed by atoms with van der Waals surface area (Å²) < 4.78 is 63.5. The van der Waals surface area contributed by atoms with Crippen LogP contribution >= 0.6 is 0 Å². The number of alkyl halides is 2. The van der Waals surface area contributed by atoms with Crippen LogP contribution in [0.25, 0.3) is 22.4 Å². The van der Waals surface area contributed by atoms with Crippen molar-refractivity contribution < 1.29 is 22.3 Å². The maximum Gasteiger partial charge on any atom is 0.272 e. The molecule has 0 amide bonds. The van der Waals surface area contributed by atoms with Crippen molar-refractivity contribution in [2.45, 2.75) is 25.9 Å². The van der Waals surface area contributed by atoms with Crippen molar-refractivity contribution in [2.75, 3.05) is 25.0 Å². The van der Waals surface area contributed by atoms with Gasteiger partial charge in [0.1, 0.15) is 28.9 Å². The Labute approximate surface area is 232 Å². The average Bonchev–Trinajstić information content (AvgIpc) is 3.30. The smallest absolute Gasteiger partial charge is 0.272 e. The van der Waals surface area contributed by atoms with Crippen molar-refractivity contribution in [3.8, 4) is 17.3 Å². The first-order chi connectivity index (χ1) is 19.8. The fraction of sp³-hybridized carbons (Fsp3) is 0.241. The van der Waals surface area contributed by atoms with E-state index in [1.165, 1.54) is 4.68 Å². The van der Waals surface area contributed by atoms with Gasteiger partial charge < -0.3 is 10.1 Å². The highest BCUT2D eigenvalue weighted by Gasteiger charge is 2.43. The van der Waals surface area contributed by atoms with Crippen LogP contribution in [-0.4, -0.2) is 55.3 Å². The Kier molecular flexibility index (Phi) is 7.00. The lowest BCUT2D eigenvalue weighted by atomic mass is 10.1. The van der Waals surface area contributed by atoms with Crippen LogP contribution in [0.3, 0.4) is 0 Å². The Morgan fingerprint density at radius 3 is 2.44 bits per heavy atom. The fourth-order valence-corrected chi connectivity index (χ4v) is 4.82. The molecular weight excluding hydrogens is 538 g/mol. The second kappa shape index (κ2) is 10.8. The number of nitrogens with one attached hydrogen (secondary N) is 1. The molecule has 0 aliphatic carbocycles. The number of rotatable bonds is 9. The standard InChI is InChI=1S/C29H25F4N7O/c1-2-41-20-11-23(30)22(24(31)12-20)15-40-25-6-4-3-5-21(25)26(38-40)28-35-13-18(14-39-16-29(32,33)17-39)27(37-28)36-19-7-9-34-10-8-19/h3-13H,2,14-17H2,1H3,(H,34,35,36,37). The minimum Gasteiger partial charge on any atom is -0.494 e. The van der Waals surface area contributed by atoms with Gasteiger partial charge in [0.05, 0.1) is 31.8 Å². The second-order valence-corrected chi connectivity index (χ2v) is 9.75. The molecule has 0 bridgehead atoms. The van der Waals surface area contributed by atoms with E-state index in [2.05, 4.69) is 20.4 Å². The van der Waals surface area contributed by atoms with Crippen molar-refractivity contribution in [1.82, 2.24) is 29.6 Å². The molecule has 6 rings (SSSR count). The summed E-state index contributed by atoms with van der Waals surface area (Å²) in [5.41, 5.74) is 2.22. The summed E-state index contributed by atoms with van der Waals surface area (Å²) in [6, 6.07) is 13.1. The minimum atomic E-state index is -2.70. The number of fused-ring (bicyclic) bond motifs is 1. The predicted octanol–water partition coefficient (Wildman–Crippen LogP) is 5.81. The monoisotopic (exact) mass is 563 g/mol. The Balaban J connectivity index is 1.38. The van der Waals surface area contributed by atoms with Gasteiger partial charge in [0.2, 0.25) is 0 Å². The van der Waals surface area contributed by atoms with E-state index >= 15 is 0 Å². The van der Waals surface area contributed by atoms with Gasteiger partial charge in [-0.1, -0.05) is 18.2 Å². The highest BCUT2D eigenvalue weighted by molar-refractivity contribution is 5.91. The fourth-order valence-electron chi connectivity index (χ4n) is 4.82. The van der Waals surface area contributed by atoms with E-state index in [9.17, 15) is 17.6 Å². The molecule has 1 saturated heterocycles. The van der Waals surface area contributed by atoms with Crippen LogP contribution in [0.15, 0.2) is 67.1 Å². The summed E-state index contributed by atoms with van der Waals surface area (Å²) in [7, 11) is 0. The lowest BCUT2D eigenvalue weighted by Crippen LogP contribution is -2.55. The van der Waals surface area contributed by atoms with Gasteiger partial charge in [-0.25, -0.2) is 27.5 Å². The van der Waals surface area contributed by atoms with E-state index in [0.717, 1.165) is 12.1 Å². The number of likely N-dealkylation sites (tertiary alicyclic amines) is 1. The quantitative estimate of drug-likeness (QED) is 0.227. The van der Waals surface area contributed by atoms with Crippen molar-refractivity contribution in [3.63, 3.8) is 0 Å². The van der Waals surface area contributed by atoms with Crippen molar-refractivity contribution in [1.29, 1.82) is 0 Å². The van der Waals surface area contributed by atoms with Gasteiger partial charge >= 0.3 is 0 Å². The first-order valence-corrected chi connectivity index (χ1v) is 13.0. The van der Waals surface area contributed by atoms with Crippen LogP contribution in [0.5, 0.6) is 5.75 Å². The lowest BCUT2D eigenvalue weighted by Gasteiger charge is -2.38. The molecule has 1 aliphatic heterocycles. The molecule has 4 heterocycles. The topological polar surface area (TPSA) is 81.0 Å². The van der Waals surface area contributed by atoms with Crippen LogP contribution < -0.4 is 10.1 Å². The maximum atomic E-state index is 14.9. The van der Waals surface area contributed by atoms with Gasteiger partial charge in [0.25, 0.3) is 5.92 Å². The molecule has 2 aromatic carbocycles. The van der Waals surface area contributed by atoms with Crippen molar-refractivity contribution in [2.24, 2.45) is 0 Å². The summed E-state index contributed by atoms with van der Waals surface area (Å²) in [5, 5.41) is 8.58. The van der Waals surface area contributed by atoms with E-state index in [1.807, 2.05) is 12.1 Å². The molecule has 8 nitrogen and oxygen atoms in total. The molecule has 0 atom stereocenters. The third-order valence-corrected chi connectivity index (χ3v) is 6.71. The summed E-state index contributed by atoms with van der Waals surface area (Å²) in [6.07, 6.45) is 4.82. The third-order valence-electron chi connectivity index (χ3n) is 6.71. The van der Waals surface area contributed by atoms with Crippen LogP contribution in [0.1, 0.15) is 18.1 Å². The van der Waals surface area contributed by atoms with E-state index in [1.54, 1.807) is 54.7 Å². The largest absolute Gasteiger partial charge is 0.494 e. The van der Waals surface area contributed by atoms with Crippen LogP contribution in [0.4, 0.5) is 29.1 Å². The van der Waals surface area contributed by atoms with E-state index < -0.39 is 17.6 Å². The van der Waals surface area contributed by atoms with Gasteiger partial charge in [0.15, 0.2) is 5.82 Å². The number of aromatic nitrogens is 5. The summed E-state index contributed by atoms with van der Waals surface area (Å²) in [4.78, 5) is 14.9. The minimum absolute atomic E-state index is 0.113. The molecule has 3 aromatic heterocycles. The van der Waals surface area contributed by atoms with E-state index in [4.69, 9.17) is 9.72 Å². The number of nitrogens with zero attached hydrogens (tertiary/aromatic N) is 6. The average molecular weight is 564 g/mol. The molecular formula is C29H25F4N7O. The number of hydrogen-bond donors (Lipinski definition) is 1. The molecule has 210 valence electrons.